The van der Waals surface area contributed by atoms with Crippen molar-refractivity contribution in [3.63, 3.8) is 0 Å². The van der Waals surface area contributed by atoms with Crippen molar-refractivity contribution in [1.82, 2.24) is 24.6 Å². The SMILES string of the molecule is Cn1cc(-c2ccnc(N3CCCC3)n2)c(C2CCCN2C(=O)C2CCCCC2)n1. The molecule has 7 nitrogen and oxygen atoms in total. The lowest BCUT2D eigenvalue weighted by Gasteiger charge is -2.30. The summed E-state index contributed by atoms with van der Waals surface area (Å²) >= 11 is 0. The minimum atomic E-state index is 0.0563. The van der Waals surface area contributed by atoms with Crippen LogP contribution in [0.15, 0.2) is 18.5 Å². The highest BCUT2D eigenvalue weighted by Crippen LogP contribution is 2.39. The molecule has 2 saturated heterocycles. The summed E-state index contributed by atoms with van der Waals surface area (Å²) in [6, 6.07) is 2.03. The number of anilines is 1. The normalized spacial score (nSPS) is 22.8. The van der Waals surface area contributed by atoms with Crippen LogP contribution in [0.2, 0.25) is 0 Å². The molecule has 1 aliphatic carbocycles. The van der Waals surface area contributed by atoms with Crippen LogP contribution < -0.4 is 4.90 Å². The molecule has 0 bridgehead atoms. The minimum Gasteiger partial charge on any atom is -0.341 e. The number of hydrogen-bond acceptors (Lipinski definition) is 5. The Kier molecular flexibility index (Phi) is 5.44. The van der Waals surface area contributed by atoms with Crippen molar-refractivity contribution in [2.45, 2.75) is 63.8 Å². The van der Waals surface area contributed by atoms with E-state index in [0.717, 1.165) is 68.2 Å². The van der Waals surface area contributed by atoms with Gasteiger partial charge in [-0.1, -0.05) is 19.3 Å². The number of aromatic nitrogens is 4. The lowest BCUT2D eigenvalue weighted by atomic mass is 9.88. The lowest BCUT2D eigenvalue weighted by molar-refractivity contribution is -0.137. The zero-order chi connectivity index (χ0) is 20.5. The number of aryl methyl sites for hydroxylation is 1. The largest absolute Gasteiger partial charge is 0.341 e. The van der Waals surface area contributed by atoms with Crippen LogP contribution in [0.4, 0.5) is 5.95 Å². The number of carbonyl (C=O) groups excluding carboxylic acids is 1. The summed E-state index contributed by atoms with van der Waals surface area (Å²) < 4.78 is 1.86. The Morgan fingerprint density at radius 1 is 1.00 bits per heavy atom. The molecular weight excluding hydrogens is 376 g/mol. The van der Waals surface area contributed by atoms with E-state index in [4.69, 9.17) is 10.1 Å². The van der Waals surface area contributed by atoms with E-state index in [9.17, 15) is 4.79 Å². The quantitative estimate of drug-likeness (QED) is 0.771. The molecule has 7 heteroatoms. The van der Waals surface area contributed by atoms with Gasteiger partial charge in [0.15, 0.2) is 0 Å². The van der Waals surface area contributed by atoms with Crippen LogP contribution in [-0.4, -0.2) is 50.2 Å². The fraction of sp³-hybridized carbons (Fsp3) is 0.652. The highest BCUT2D eigenvalue weighted by molar-refractivity contribution is 5.80. The monoisotopic (exact) mass is 408 g/mol. The van der Waals surface area contributed by atoms with Gasteiger partial charge in [0.1, 0.15) is 0 Å². The second-order valence-electron chi connectivity index (χ2n) is 9.06. The van der Waals surface area contributed by atoms with Crippen molar-refractivity contribution in [2.75, 3.05) is 24.5 Å². The maximum absolute atomic E-state index is 13.3. The lowest BCUT2D eigenvalue weighted by Crippen LogP contribution is -2.36. The van der Waals surface area contributed by atoms with Crippen LogP contribution in [0, 0.1) is 5.92 Å². The van der Waals surface area contributed by atoms with Crippen LogP contribution >= 0.6 is 0 Å². The fourth-order valence-electron chi connectivity index (χ4n) is 5.42. The first kappa shape index (κ1) is 19.5. The van der Waals surface area contributed by atoms with Gasteiger partial charge in [-0.15, -0.1) is 0 Å². The summed E-state index contributed by atoms with van der Waals surface area (Å²) in [6.07, 6.45) is 14.1. The number of amides is 1. The molecule has 1 unspecified atom stereocenters. The van der Waals surface area contributed by atoms with Gasteiger partial charge in [0.05, 0.1) is 17.4 Å². The molecule has 30 heavy (non-hydrogen) atoms. The zero-order valence-corrected chi connectivity index (χ0v) is 18.0. The number of rotatable bonds is 4. The molecule has 2 aromatic rings. The molecule has 160 valence electrons. The number of nitrogens with zero attached hydrogens (tertiary/aromatic N) is 6. The molecule has 2 aliphatic heterocycles. The Bertz CT molecular complexity index is 897. The van der Waals surface area contributed by atoms with E-state index in [0.29, 0.717) is 5.91 Å². The molecule has 3 fully saturated rings. The van der Waals surface area contributed by atoms with Gasteiger partial charge in [0.25, 0.3) is 0 Å². The summed E-state index contributed by atoms with van der Waals surface area (Å²) in [5.41, 5.74) is 2.94. The first-order valence-corrected chi connectivity index (χ1v) is 11.6. The van der Waals surface area contributed by atoms with Crippen LogP contribution in [0.1, 0.15) is 69.5 Å². The van der Waals surface area contributed by atoms with Gasteiger partial charge in [0.2, 0.25) is 11.9 Å². The molecule has 5 rings (SSSR count). The Morgan fingerprint density at radius 3 is 2.60 bits per heavy atom. The van der Waals surface area contributed by atoms with E-state index in [1.807, 2.05) is 30.2 Å². The third kappa shape index (κ3) is 3.70. The molecule has 0 radical (unpaired) electrons. The van der Waals surface area contributed by atoms with Crippen LogP contribution in [0.25, 0.3) is 11.3 Å². The summed E-state index contributed by atoms with van der Waals surface area (Å²) in [5.74, 6) is 1.35. The van der Waals surface area contributed by atoms with E-state index >= 15 is 0 Å². The molecule has 2 aromatic heterocycles. The van der Waals surface area contributed by atoms with Gasteiger partial charge in [0, 0.05) is 50.6 Å². The average molecular weight is 409 g/mol. The van der Waals surface area contributed by atoms with Crippen molar-refractivity contribution in [2.24, 2.45) is 13.0 Å². The molecule has 4 heterocycles. The smallest absolute Gasteiger partial charge is 0.226 e. The summed E-state index contributed by atoms with van der Waals surface area (Å²) in [6.45, 7) is 2.89. The Hall–Kier alpha value is -2.44. The molecule has 3 aliphatic rings. The van der Waals surface area contributed by atoms with E-state index < -0.39 is 0 Å². The number of hydrogen-bond donors (Lipinski definition) is 0. The molecule has 0 spiro atoms. The van der Waals surface area contributed by atoms with E-state index in [1.54, 1.807) is 0 Å². The van der Waals surface area contributed by atoms with Gasteiger partial charge in [-0.3, -0.25) is 9.48 Å². The second-order valence-corrected chi connectivity index (χ2v) is 9.06. The van der Waals surface area contributed by atoms with Crippen LogP contribution in [-0.2, 0) is 11.8 Å². The maximum Gasteiger partial charge on any atom is 0.226 e. The number of likely N-dealkylation sites (tertiary alicyclic amines) is 1. The van der Waals surface area contributed by atoms with E-state index in [1.165, 1.54) is 32.1 Å². The van der Waals surface area contributed by atoms with E-state index in [2.05, 4.69) is 14.8 Å². The predicted molar refractivity (Wildman–Crippen MR) is 116 cm³/mol. The first-order valence-electron chi connectivity index (χ1n) is 11.6. The molecule has 1 saturated carbocycles. The third-order valence-electron chi connectivity index (χ3n) is 6.97. The minimum absolute atomic E-state index is 0.0563. The third-order valence-corrected chi connectivity index (χ3v) is 6.97. The van der Waals surface area contributed by atoms with Gasteiger partial charge < -0.3 is 9.80 Å². The number of carbonyl (C=O) groups is 1. The Morgan fingerprint density at radius 2 is 1.80 bits per heavy atom. The van der Waals surface area contributed by atoms with Crippen molar-refractivity contribution < 1.29 is 4.79 Å². The topological polar surface area (TPSA) is 67.2 Å². The molecule has 0 aromatic carbocycles. The van der Waals surface area contributed by atoms with Crippen LogP contribution in [0.3, 0.4) is 0 Å². The van der Waals surface area contributed by atoms with Gasteiger partial charge in [-0.2, -0.15) is 5.10 Å². The van der Waals surface area contributed by atoms with Gasteiger partial charge >= 0.3 is 0 Å². The van der Waals surface area contributed by atoms with Crippen molar-refractivity contribution in [3.8, 4) is 11.3 Å². The Labute approximate surface area is 178 Å². The summed E-state index contributed by atoms with van der Waals surface area (Å²) in [4.78, 5) is 27.1. The van der Waals surface area contributed by atoms with Crippen molar-refractivity contribution >= 4 is 11.9 Å². The first-order chi connectivity index (χ1) is 14.7. The molecule has 0 N–H and O–H groups in total. The van der Waals surface area contributed by atoms with E-state index in [-0.39, 0.29) is 12.0 Å². The average Bonchev–Trinajstić information content (AvgIpc) is 3.54. The van der Waals surface area contributed by atoms with Crippen molar-refractivity contribution in [1.29, 1.82) is 0 Å². The molecule has 1 atom stereocenters. The summed E-state index contributed by atoms with van der Waals surface area (Å²) in [5, 5.41) is 4.82. The highest BCUT2D eigenvalue weighted by Gasteiger charge is 2.37. The van der Waals surface area contributed by atoms with Crippen LogP contribution in [0.5, 0.6) is 0 Å². The maximum atomic E-state index is 13.3. The summed E-state index contributed by atoms with van der Waals surface area (Å²) in [7, 11) is 1.96. The zero-order valence-electron chi connectivity index (χ0n) is 18.0. The fourth-order valence-corrected chi connectivity index (χ4v) is 5.42. The standard InChI is InChI=1S/C23H32N6O/c1-27-16-18(19-11-12-24-23(25-19)28-13-5-6-14-28)21(26-27)20-10-7-15-29(20)22(30)17-8-3-2-4-9-17/h11-12,16-17,20H,2-10,13-15H2,1H3. The molecule has 1 amide bonds. The van der Waals surface area contributed by atoms with Crippen molar-refractivity contribution in [3.05, 3.63) is 24.2 Å². The molecular formula is C23H32N6O. The van der Waals surface area contributed by atoms with Gasteiger partial charge in [-0.05, 0) is 44.6 Å². The Balaban J connectivity index is 1.44. The second kappa shape index (κ2) is 8.36. The predicted octanol–water partition coefficient (Wildman–Crippen LogP) is 3.72. The van der Waals surface area contributed by atoms with Gasteiger partial charge in [-0.25, -0.2) is 9.97 Å². The highest BCUT2D eigenvalue weighted by atomic mass is 16.2.